The average molecular weight is 451 g/mol. The van der Waals surface area contributed by atoms with Crippen molar-refractivity contribution in [3.63, 3.8) is 0 Å². The number of primary amides is 1. The highest BCUT2D eigenvalue weighted by Crippen LogP contribution is 2.35. The van der Waals surface area contributed by atoms with Gasteiger partial charge in [0, 0.05) is 28.9 Å². The molecule has 7 nitrogen and oxygen atoms in total. The maximum absolute atomic E-state index is 15.0. The third-order valence-electron chi connectivity index (χ3n) is 4.19. The Labute approximate surface area is 181 Å². The van der Waals surface area contributed by atoms with Crippen molar-refractivity contribution in [3.05, 3.63) is 74.8 Å². The molecule has 2 amide bonds. The Bertz CT molecular complexity index is 1130. The summed E-state index contributed by atoms with van der Waals surface area (Å²) in [4.78, 5) is 26.3. The Morgan fingerprint density at radius 1 is 1.20 bits per heavy atom. The van der Waals surface area contributed by atoms with E-state index in [1.54, 1.807) is 6.92 Å². The number of nitrogens with one attached hydrogen (secondary N) is 2. The van der Waals surface area contributed by atoms with E-state index in [1.165, 1.54) is 36.4 Å². The molecule has 0 fully saturated rings. The van der Waals surface area contributed by atoms with Crippen LogP contribution in [0.4, 0.5) is 10.1 Å². The fourth-order valence-corrected chi connectivity index (χ4v) is 3.17. The van der Waals surface area contributed by atoms with Gasteiger partial charge in [-0.25, -0.2) is 4.39 Å². The zero-order chi connectivity index (χ0) is 22.0. The highest BCUT2D eigenvalue weighted by atomic mass is 35.5. The predicted octanol–water partition coefficient (Wildman–Crippen LogP) is 4.17. The zero-order valence-electron chi connectivity index (χ0n) is 15.7. The number of carbonyl (C=O) groups excluding carboxylic acids is 2. The topological polar surface area (TPSA) is 123 Å². The van der Waals surface area contributed by atoms with Crippen molar-refractivity contribution >= 4 is 40.7 Å². The van der Waals surface area contributed by atoms with Crippen LogP contribution >= 0.6 is 23.2 Å². The molecule has 10 heteroatoms. The van der Waals surface area contributed by atoms with Crippen LogP contribution in [0.2, 0.25) is 10.0 Å². The first-order valence-corrected chi connectivity index (χ1v) is 9.39. The van der Waals surface area contributed by atoms with Crippen LogP contribution in [0.15, 0.2) is 36.4 Å². The van der Waals surface area contributed by atoms with E-state index in [9.17, 15) is 14.0 Å². The van der Waals surface area contributed by atoms with E-state index >= 15 is 0 Å². The number of hydrogen-bond donors (Lipinski definition) is 4. The fourth-order valence-electron chi connectivity index (χ4n) is 2.75. The Balaban J connectivity index is 1.79. The Morgan fingerprint density at radius 3 is 2.57 bits per heavy atom. The highest BCUT2D eigenvalue weighted by molar-refractivity contribution is 6.32. The van der Waals surface area contributed by atoms with Crippen molar-refractivity contribution in [1.29, 1.82) is 0 Å². The lowest BCUT2D eigenvalue weighted by Gasteiger charge is -2.13. The first kappa shape index (κ1) is 21.5. The molecule has 0 saturated carbocycles. The predicted molar refractivity (Wildman–Crippen MR) is 113 cm³/mol. The van der Waals surface area contributed by atoms with Crippen molar-refractivity contribution in [2.45, 2.75) is 13.5 Å². The van der Waals surface area contributed by atoms with Crippen LogP contribution in [0.5, 0.6) is 11.5 Å². The second-order valence-corrected chi connectivity index (χ2v) is 7.30. The minimum Gasteiger partial charge on any atom is -0.453 e. The molecule has 0 spiro atoms. The molecule has 0 aliphatic heterocycles. The Hall–Kier alpha value is -3.23. The molecule has 0 aliphatic rings. The Kier molecular flexibility index (Phi) is 6.19. The summed E-state index contributed by atoms with van der Waals surface area (Å²) in [5.74, 6) is -1.98. The summed E-state index contributed by atoms with van der Waals surface area (Å²) in [6.45, 7) is 1.49. The molecule has 0 atom stereocenters. The molecule has 0 saturated heterocycles. The third kappa shape index (κ3) is 4.67. The number of aryl methyl sites for hydroxylation is 1. The Morgan fingerprint density at radius 2 is 1.93 bits per heavy atom. The molecule has 3 aromatic rings. The minimum atomic E-state index is -0.748. The van der Waals surface area contributed by atoms with Crippen LogP contribution in [0.3, 0.4) is 0 Å². The van der Waals surface area contributed by atoms with Gasteiger partial charge in [-0.1, -0.05) is 29.3 Å². The van der Waals surface area contributed by atoms with Gasteiger partial charge >= 0.3 is 0 Å². The molecule has 0 aliphatic carbocycles. The lowest BCUT2D eigenvalue weighted by Crippen LogP contribution is -2.24. The van der Waals surface area contributed by atoms with Crippen LogP contribution in [-0.2, 0) is 6.54 Å². The van der Waals surface area contributed by atoms with E-state index in [2.05, 4.69) is 10.3 Å². The molecule has 3 rings (SSSR count). The van der Waals surface area contributed by atoms with Gasteiger partial charge in [0.25, 0.3) is 11.8 Å². The average Bonchev–Trinajstić information content (AvgIpc) is 3.05. The van der Waals surface area contributed by atoms with Crippen LogP contribution < -0.4 is 21.5 Å². The van der Waals surface area contributed by atoms with Gasteiger partial charge in [0.1, 0.15) is 17.1 Å². The molecular weight excluding hydrogens is 434 g/mol. The standard InChI is InChI=1S/C20H17Cl2FN4O3/c1-9-4-15(19(25)28)27-17(9)20(29)26-8-10-2-3-14(22)18(16(10)23)30-13-6-11(21)5-12(24)7-13/h2-7,27H,8,24H2,1H3,(H2,25,28)(H,26,29). The first-order valence-electron chi connectivity index (χ1n) is 8.64. The zero-order valence-corrected chi connectivity index (χ0v) is 17.2. The number of carbonyl (C=O) groups is 2. The number of nitrogens with two attached hydrogens (primary N) is 2. The number of aromatic nitrogens is 1. The van der Waals surface area contributed by atoms with Crippen molar-refractivity contribution in [2.75, 3.05) is 5.73 Å². The van der Waals surface area contributed by atoms with Gasteiger partial charge in [-0.3, -0.25) is 9.59 Å². The van der Waals surface area contributed by atoms with E-state index in [4.69, 9.17) is 39.4 Å². The van der Waals surface area contributed by atoms with E-state index in [-0.39, 0.29) is 40.0 Å². The number of aromatic amines is 1. The number of anilines is 1. The van der Waals surface area contributed by atoms with Crippen LogP contribution in [-0.4, -0.2) is 16.8 Å². The smallest absolute Gasteiger partial charge is 0.268 e. The highest BCUT2D eigenvalue weighted by Gasteiger charge is 2.18. The molecule has 0 unspecified atom stereocenters. The van der Waals surface area contributed by atoms with Gasteiger partial charge in [-0.05, 0) is 36.8 Å². The van der Waals surface area contributed by atoms with E-state index in [0.29, 0.717) is 16.3 Å². The number of rotatable bonds is 6. The normalized spacial score (nSPS) is 10.7. The van der Waals surface area contributed by atoms with E-state index in [1.807, 2.05) is 0 Å². The number of nitrogen functional groups attached to an aromatic ring is 1. The van der Waals surface area contributed by atoms with Crippen LogP contribution in [0.1, 0.15) is 32.1 Å². The fraction of sp³-hybridized carbons (Fsp3) is 0.100. The number of benzene rings is 2. The molecule has 2 aromatic carbocycles. The van der Waals surface area contributed by atoms with Crippen molar-refractivity contribution in [2.24, 2.45) is 5.73 Å². The van der Waals surface area contributed by atoms with Gasteiger partial charge in [-0.15, -0.1) is 0 Å². The summed E-state index contributed by atoms with van der Waals surface area (Å²) in [6, 6.07) is 8.79. The summed E-state index contributed by atoms with van der Waals surface area (Å²) in [5, 5.41) is 2.93. The second-order valence-electron chi connectivity index (χ2n) is 6.46. The number of ether oxygens (including phenoxy) is 1. The molecular formula is C20H17Cl2FN4O3. The lowest BCUT2D eigenvalue weighted by molar-refractivity contribution is 0.0945. The summed E-state index contributed by atoms with van der Waals surface area (Å²) in [5.41, 5.74) is 12.2. The monoisotopic (exact) mass is 450 g/mol. The van der Waals surface area contributed by atoms with Gasteiger partial charge in [-0.2, -0.15) is 0 Å². The minimum absolute atomic E-state index is 0.0347. The van der Waals surface area contributed by atoms with E-state index in [0.717, 1.165) is 0 Å². The maximum atomic E-state index is 15.0. The first-order chi connectivity index (χ1) is 14.2. The van der Waals surface area contributed by atoms with Crippen LogP contribution in [0, 0.1) is 12.7 Å². The van der Waals surface area contributed by atoms with Crippen molar-refractivity contribution in [3.8, 4) is 11.5 Å². The summed E-state index contributed by atoms with van der Waals surface area (Å²) in [7, 11) is 0. The van der Waals surface area contributed by atoms with Gasteiger partial charge in [0.2, 0.25) is 0 Å². The van der Waals surface area contributed by atoms with E-state index < -0.39 is 17.6 Å². The van der Waals surface area contributed by atoms with Gasteiger partial charge < -0.3 is 26.5 Å². The maximum Gasteiger partial charge on any atom is 0.268 e. The molecule has 1 heterocycles. The number of hydrogen-bond acceptors (Lipinski definition) is 4. The number of H-pyrrole nitrogens is 1. The number of halogens is 3. The van der Waals surface area contributed by atoms with Gasteiger partial charge in [0.05, 0.1) is 5.02 Å². The largest absolute Gasteiger partial charge is 0.453 e. The molecule has 1 aromatic heterocycles. The summed E-state index contributed by atoms with van der Waals surface area (Å²) in [6.07, 6.45) is 0. The molecule has 6 N–H and O–H groups in total. The quantitative estimate of drug-likeness (QED) is 0.420. The summed E-state index contributed by atoms with van der Waals surface area (Å²) >= 11 is 12.0. The van der Waals surface area contributed by atoms with Crippen LogP contribution in [0.25, 0.3) is 0 Å². The third-order valence-corrected chi connectivity index (χ3v) is 4.71. The lowest BCUT2D eigenvalue weighted by atomic mass is 10.2. The molecule has 0 bridgehead atoms. The van der Waals surface area contributed by atoms with Crippen molar-refractivity contribution < 1.29 is 18.7 Å². The molecule has 0 radical (unpaired) electrons. The summed E-state index contributed by atoms with van der Waals surface area (Å²) < 4.78 is 20.5. The number of amides is 2. The van der Waals surface area contributed by atoms with Crippen molar-refractivity contribution in [1.82, 2.24) is 10.3 Å². The SMILES string of the molecule is Cc1cc(C(N)=O)[nH]c1C(=O)NCc1ccc(Cl)c(Oc2cc(N)cc(Cl)c2)c1F. The van der Waals surface area contributed by atoms with Gasteiger partial charge in [0.15, 0.2) is 11.6 Å². The molecule has 30 heavy (non-hydrogen) atoms. The second kappa shape index (κ2) is 8.64. The molecule has 156 valence electrons.